The molecular formula is C13H13BrN2O2. The molecule has 0 unspecified atom stereocenters. The van der Waals surface area contributed by atoms with E-state index in [-0.39, 0.29) is 5.56 Å². The third-order valence-corrected chi connectivity index (χ3v) is 3.44. The van der Waals surface area contributed by atoms with Crippen LogP contribution < -0.4 is 4.90 Å². The molecule has 0 bridgehead atoms. The van der Waals surface area contributed by atoms with E-state index in [0.29, 0.717) is 24.7 Å². The molecular weight excluding hydrogens is 296 g/mol. The van der Waals surface area contributed by atoms with Crippen LogP contribution in [0.25, 0.3) is 0 Å². The standard InChI is InChI=1S/C13H13BrN2O2/c14-9-2-5-12(11(8-9)13(17)18)16(7-1-6-15)10-3-4-10/h2,5,8,10H,1,3-4,7H2,(H,17,18). The second kappa shape index (κ2) is 5.40. The minimum atomic E-state index is -0.936. The van der Waals surface area contributed by atoms with Gasteiger partial charge in [-0.05, 0) is 31.0 Å². The molecule has 5 heteroatoms. The summed E-state index contributed by atoms with van der Waals surface area (Å²) in [4.78, 5) is 13.3. The van der Waals surface area contributed by atoms with Crippen molar-refractivity contribution >= 4 is 27.6 Å². The summed E-state index contributed by atoms with van der Waals surface area (Å²) < 4.78 is 0.750. The van der Waals surface area contributed by atoms with Crippen molar-refractivity contribution in [1.82, 2.24) is 0 Å². The Kier molecular flexibility index (Phi) is 3.87. The molecule has 0 saturated heterocycles. The second-order valence-corrected chi connectivity index (χ2v) is 5.21. The number of carbonyl (C=O) groups is 1. The summed E-state index contributed by atoms with van der Waals surface area (Å²) in [5.41, 5.74) is 0.998. The van der Waals surface area contributed by atoms with Crippen molar-refractivity contribution in [3.63, 3.8) is 0 Å². The van der Waals surface area contributed by atoms with Crippen LogP contribution in [0.2, 0.25) is 0 Å². The lowest BCUT2D eigenvalue weighted by molar-refractivity contribution is 0.0697. The molecule has 0 radical (unpaired) electrons. The van der Waals surface area contributed by atoms with Gasteiger partial charge in [-0.15, -0.1) is 0 Å². The number of halogens is 1. The Morgan fingerprint density at radius 2 is 2.28 bits per heavy atom. The Morgan fingerprint density at radius 1 is 1.56 bits per heavy atom. The number of nitriles is 1. The highest BCUT2D eigenvalue weighted by Gasteiger charge is 2.31. The van der Waals surface area contributed by atoms with E-state index in [1.807, 2.05) is 17.0 Å². The number of rotatable bonds is 5. The number of benzene rings is 1. The Bertz CT molecular complexity index is 506. The van der Waals surface area contributed by atoms with Crippen LogP contribution in [-0.2, 0) is 0 Å². The van der Waals surface area contributed by atoms with E-state index in [0.717, 1.165) is 17.3 Å². The third-order valence-electron chi connectivity index (χ3n) is 2.95. The maximum Gasteiger partial charge on any atom is 0.337 e. The topological polar surface area (TPSA) is 64.3 Å². The normalized spacial score (nSPS) is 14.0. The Balaban J connectivity index is 2.34. The van der Waals surface area contributed by atoms with E-state index in [1.54, 1.807) is 6.07 Å². The molecule has 0 spiro atoms. The Labute approximate surface area is 114 Å². The second-order valence-electron chi connectivity index (χ2n) is 4.30. The van der Waals surface area contributed by atoms with Gasteiger partial charge in [-0.25, -0.2) is 4.79 Å². The van der Waals surface area contributed by atoms with Crippen LogP contribution in [-0.4, -0.2) is 23.7 Å². The van der Waals surface area contributed by atoms with Gasteiger partial charge in [0.2, 0.25) is 0 Å². The number of aromatic carboxylic acids is 1. The van der Waals surface area contributed by atoms with Crippen molar-refractivity contribution in [2.75, 3.05) is 11.4 Å². The van der Waals surface area contributed by atoms with Gasteiger partial charge >= 0.3 is 5.97 Å². The van der Waals surface area contributed by atoms with Crippen molar-refractivity contribution in [2.45, 2.75) is 25.3 Å². The third kappa shape index (κ3) is 2.82. The molecule has 0 amide bonds. The summed E-state index contributed by atoms with van der Waals surface area (Å²) in [5.74, 6) is -0.936. The van der Waals surface area contributed by atoms with Gasteiger partial charge in [-0.3, -0.25) is 0 Å². The highest BCUT2D eigenvalue weighted by molar-refractivity contribution is 9.10. The van der Waals surface area contributed by atoms with Crippen molar-refractivity contribution in [3.8, 4) is 6.07 Å². The summed E-state index contributed by atoms with van der Waals surface area (Å²) in [5, 5.41) is 17.9. The van der Waals surface area contributed by atoms with Crippen molar-refractivity contribution < 1.29 is 9.90 Å². The van der Waals surface area contributed by atoms with Gasteiger partial charge in [-0.2, -0.15) is 5.26 Å². The van der Waals surface area contributed by atoms with Crippen LogP contribution in [0.1, 0.15) is 29.6 Å². The number of hydrogen-bond donors (Lipinski definition) is 1. The van der Waals surface area contributed by atoms with Crippen LogP contribution >= 0.6 is 15.9 Å². The van der Waals surface area contributed by atoms with Crippen molar-refractivity contribution in [1.29, 1.82) is 5.26 Å². The first-order valence-electron chi connectivity index (χ1n) is 5.80. The minimum absolute atomic E-state index is 0.286. The molecule has 1 aliphatic rings. The fourth-order valence-electron chi connectivity index (χ4n) is 1.99. The summed E-state index contributed by atoms with van der Waals surface area (Å²) in [7, 11) is 0. The molecule has 1 N–H and O–H groups in total. The molecule has 0 aliphatic heterocycles. The van der Waals surface area contributed by atoms with Gasteiger partial charge in [0, 0.05) is 17.1 Å². The quantitative estimate of drug-likeness (QED) is 0.908. The molecule has 1 aliphatic carbocycles. The maximum absolute atomic E-state index is 11.3. The first-order valence-corrected chi connectivity index (χ1v) is 6.59. The zero-order valence-electron chi connectivity index (χ0n) is 9.77. The highest BCUT2D eigenvalue weighted by Crippen LogP contribution is 2.34. The zero-order chi connectivity index (χ0) is 13.1. The monoisotopic (exact) mass is 308 g/mol. The van der Waals surface area contributed by atoms with Gasteiger partial charge < -0.3 is 10.0 Å². The van der Waals surface area contributed by atoms with E-state index in [9.17, 15) is 9.90 Å². The van der Waals surface area contributed by atoms with Crippen LogP contribution in [0.15, 0.2) is 22.7 Å². The number of anilines is 1. The largest absolute Gasteiger partial charge is 0.478 e. The first kappa shape index (κ1) is 12.9. The van der Waals surface area contributed by atoms with Gasteiger partial charge in [0.25, 0.3) is 0 Å². The van der Waals surface area contributed by atoms with E-state index in [4.69, 9.17) is 5.26 Å². The fraction of sp³-hybridized carbons (Fsp3) is 0.385. The van der Waals surface area contributed by atoms with Crippen molar-refractivity contribution in [2.24, 2.45) is 0 Å². The lowest BCUT2D eigenvalue weighted by Crippen LogP contribution is -2.28. The lowest BCUT2D eigenvalue weighted by atomic mass is 10.1. The summed E-state index contributed by atoms with van der Waals surface area (Å²) in [6.07, 6.45) is 2.55. The fourth-order valence-corrected chi connectivity index (χ4v) is 2.35. The maximum atomic E-state index is 11.3. The number of carboxylic acid groups (broad SMARTS) is 1. The molecule has 0 atom stereocenters. The molecule has 94 valence electrons. The van der Waals surface area contributed by atoms with Crippen LogP contribution in [0.4, 0.5) is 5.69 Å². The average Bonchev–Trinajstić information content (AvgIpc) is 3.15. The van der Waals surface area contributed by atoms with Crippen LogP contribution in [0.5, 0.6) is 0 Å². The summed E-state index contributed by atoms with van der Waals surface area (Å²) in [6, 6.07) is 7.76. The summed E-state index contributed by atoms with van der Waals surface area (Å²) in [6.45, 7) is 0.586. The van der Waals surface area contributed by atoms with E-state index in [2.05, 4.69) is 22.0 Å². The van der Waals surface area contributed by atoms with Gasteiger partial charge in [-0.1, -0.05) is 15.9 Å². The lowest BCUT2D eigenvalue weighted by Gasteiger charge is -2.25. The van der Waals surface area contributed by atoms with Crippen LogP contribution in [0, 0.1) is 11.3 Å². The first-order chi connectivity index (χ1) is 8.63. The molecule has 0 aromatic heterocycles. The summed E-state index contributed by atoms with van der Waals surface area (Å²) >= 11 is 3.28. The molecule has 1 fully saturated rings. The van der Waals surface area contributed by atoms with Crippen molar-refractivity contribution in [3.05, 3.63) is 28.2 Å². The van der Waals surface area contributed by atoms with Crippen LogP contribution in [0.3, 0.4) is 0 Å². The molecule has 18 heavy (non-hydrogen) atoms. The number of hydrogen-bond acceptors (Lipinski definition) is 3. The average molecular weight is 309 g/mol. The zero-order valence-corrected chi connectivity index (χ0v) is 11.4. The number of carboxylic acids is 1. The number of nitrogens with zero attached hydrogens (tertiary/aromatic N) is 2. The predicted octanol–water partition coefficient (Wildman–Crippen LogP) is 3.03. The molecule has 1 aromatic rings. The Morgan fingerprint density at radius 3 is 2.83 bits per heavy atom. The van der Waals surface area contributed by atoms with Gasteiger partial charge in [0.05, 0.1) is 23.7 Å². The van der Waals surface area contributed by atoms with Gasteiger partial charge in [0.1, 0.15) is 0 Å². The molecule has 1 saturated carbocycles. The van der Waals surface area contributed by atoms with E-state index < -0.39 is 5.97 Å². The smallest absolute Gasteiger partial charge is 0.337 e. The SMILES string of the molecule is N#CCCN(c1ccc(Br)cc1C(=O)O)C1CC1. The molecule has 4 nitrogen and oxygen atoms in total. The minimum Gasteiger partial charge on any atom is -0.478 e. The Hall–Kier alpha value is -1.54. The molecule has 0 heterocycles. The van der Waals surface area contributed by atoms with E-state index >= 15 is 0 Å². The van der Waals surface area contributed by atoms with Gasteiger partial charge in [0.15, 0.2) is 0 Å². The molecule has 1 aromatic carbocycles. The van der Waals surface area contributed by atoms with E-state index in [1.165, 1.54) is 0 Å². The highest BCUT2D eigenvalue weighted by atomic mass is 79.9. The predicted molar refractivity (Wildman–Crippen MR) is 71.7 cm³/mol. The molecule has 2 rings (SSSR count).